The number of carbonyl (C=O) groups is 1. The number of para-hydroxylation sites is 1. The van der Waals surface area contributed by atoms with Gasteiger partial charge in [0.25, 0.3) is 0 Å². The summed E-state index contributed by atoms with van der Waals surface area (Å²) in [6.07, 6.45) is 2.84. The standard InChI is InChI=1S/C28H37N3O3/c1-19(2)17-31(18-22-13-20(3)27-25(14-22)33-11-6-12-34-27)28(32)21(4)15-29-16-24-8-5-7-23-9-10-30-26(23)24/h5,7-10,13-14,19,21,29-30H,6,11-12,15-18H2,1-4H3. The molecule has 0 fully saturated rings. The number of amides is 1. The zero-order chi connectivity index (χ0) is 24.1. The molecule has 3 aromatic rings. The highest BCUT2D eigenvalue weighted by atomic mass is 16.5. The summed E-state index contributed by atoms with van der Waals surface area (Å²) >= 11 is 0. The van der Waals surface area contributed by atoms with Gasteiger partial charge in [0.2, 0.25) is 5.91 Å². The van der Waals surface area contributed by atoms with Crippen molar-refractivity contribution in [2.45, 2.75) is 47.2 Å². The molecule has 4 rings (SSSR count). The summed E-state index contributed by atoms with van der Waals surface area (Å²) in [5, 5.41) is 4.69. The molecule has 0 spiro atoms. The van der Waals surface area contributed by atoms with Gasteiger partial charge in [-0.15, -0.1) is 0 Å². The number of nitrogens with zero attached hydrogens (tertiary/aromatic N) is 1. The summed E-state index contributed by atoms with van der Waals surface area (Å²) in [6.45, 7) is 12.3. The number of nitrogens with one attached hydrogen (secondary N) is 2. The fourth-order valence-corrected chi connectivity index (χ4v) is 4.63. The molecule has 0 saturated carbocycles. The van der Waals surface area contributed by atoms with Crippen LogP contribution in [0.2, 0.25) is 0 Å². The van der Waals surface area contributed by atoms with E-state index in [1.165, 1.54) is 10.9 Å². The Bertz CT molecular complexity index is 1120. The van der Waals surface area contributed by atoms with Crippen LogP contribution in [0.1, 0.15) is 43.9 Å². The molecule has 34 heavy (non-hydrogen) atoms. The maximum atomic E-state index is 13.4. The van der Waals surface area contributed by atoms with Gasteiger partial charge in [0, 0.05) is 50.2 Å². The number of fused-ring (bicyclic) bond motifs is 2. The first-order chi connectivity index (χ1) is 16.4. The van der Waals surface area contributed by atoms with Crippen molar-refractivity contribution in [3.63, 3.8) is 0 Å². The lowest BCUT2D eigenvalue weighted by molar-refractivity contribution is -0.136. The van der Waals surface area contributed by atoms with Gasteiger partial charge in [0.05, 0.1) is 13.2 Å². The first kappa shape index (κ1) is 24.1. The Balaban J connectivity index is 1.41. The Morgan fingerprint density at radius 2 is 1.97 bits per heavy atom. The topological polar surface area (TPSA) is 66.6 Å². The summed E-state index contributed by atoms with van der Waals surface area (Å²) in [5.74, 6) is 2.05. The van der Waals surface area contributed by atoms with E-state index in [0.29, 0.717) is 32.2 Å². The molecule has 0 bridgehead atoms. The Hall–Kier alpha value is -2.99. The first-order valence-electron chi connectivity index (χ1n) is 12.4. The number of aromatic nitrogens is 1. The Morgan fingerprint density at radius 1 is 1.15 bits per heavy atom. The van der Waals surface area contributed by atoms with E-state index in [-0.39, 0.29) is 11.8 Å². The number of H-pyrrole nitrogens is 1. The van der Waals surface area contributed by atoms with Crippen LogP contribution in [0.25, 0.3) is 10.9 Å². The SMILES string of the molecule is Cc1cc(CN(CC(C)C)C(=O)C(C)CNCc2cccc3cc[nH]c23)cc2c1OCCCO2. The molecule has 1 aliphatic heterocycles. The first-order valence-corrected chi connectivity index (χ1v) is 12.4. The smallest absolute Gasteiger partial charge is 0.226 e. The number of aryl methyl sites for hydroxylation is 1. The molecule has 1 unspecified atom stereocenters. The highest BCUT2D eigenvalue weighted by molar-refractivity contribution is 5.82. The van der Waals surface area contributed by atoms with E-state index in [4.69, 9.17) is 9.47 Å². The van der Waals surface area contributed by atoms with E-state index in [9.17, 15) is 4.79 Å². The molecule has 6 heteroatoms. The highest BCUT2D eigenvalue weighted by Gasteiger charge is 2.23. The third-order valence-corrected chi connectivity index (χ3v) is 6.22. The van der Waals surface area contributed by atoms with Crippen molar-refractivity contribution >= 4 is 16.8 Å². The lowest BCUT2D eigenvalue weighted by Gasteiger charge is -2.28. The average molecular weight is 464 g/mol. The van der Waals surface area contributed by atoms with Crippen LogP contribution in [0.4, 0.5) is 0 Å². The van der Waals surface area contributed by atoms with Crippen LogP contribution < -0.4 is 14.8 Å². The van der Waals surface area contributed by atoms with Crippen LogP contribution in [0.15, 0.2) is 42.6 Å². The van der Waals surface area contributed by atoms with Crippen LogP contribution >= 0.6 is 0 Å². The predicted octanol–water partition coefficient (Wildman–Crippen LogP) is 5.05. The van der Waals surface area contributed by atoms with E-state index < -0.39 is 0 Å². The van der Waals surface area contributed by atoms with Gasteiger partial charge in [0.1, 0.15) is 0 Å². The van der Waals surface area contributed by atoms with Crippen molar-refractivity contribution in [3.05, 3.63) is 59.3 Å². The van der Waals surface area contributed by atoms with E-state index in [0.717, 1.165) is 47.7 Å². The van der Waals surface area contributed by atoms with Crippen molar-refractivity contribution in [2.24, 2.45) is 11.8 Å². The molecule has 0 saturated heterocycles. The largest absolute Gasteiger partial charge is 0.490 e. The minimum Gasteiger partial charge on any atom is -0.490 e. The van der Waals surface area contributed by atoms with Crippen molar-refractivity contribution in [1.82, 2.24) is 15.2 Å². The third kappa shape index (κ3) is 5.73. The van der Waals surface area contributed by atoms with Crippen molar-refractivity contribution < 1.29 is 14.3 Å². The number of carbonyl (C=O) groups excluding carboxylic acids is 1. The van der Waals surface area contributed by atoms with Gasteiger partial charge >= 0.3 is 0 Å². The summed E-state index contributed by atoms with van der Waals surface area (Å²) < 4.78 is 11.8. The Morgan fingerprint density at radius 3 is 2.79 bits per heavy atom. The van der Waals surface area contributed by atoms with Gasteiger partial charge in [-0.2, -0.15) is 0 Å². The molecule has 1 amide bonds. The Labute approximate surface area is 202 Å². The second-order valence-electron chi connectivity index (χ2n) is 9.79. The van der Waals surface area contributed by atoms with Crippen molar-refractivity contribution in [2.75, 3.05) is 26.3 Å². The molecule has 0 aliphatic carbocycles. The Kier molecular flexibility index (Phi) is 7.78. The van der Waals surface area contributed by atoms with E-state index in [2.05, 4.69) is 54.5 Å². The van der Waals surface area contributed by atoms with Gasteiger partial charge in [-0.3, -0.25) is 4.79 Å². The van der Waals surface area contributed by atoms with Gasteiger partial charge in [-0.25, -0.2) is 0 Å². The maximum Gasteiger partial charge on any atom is 0.226 e. The second-order valence-corrected chi connectivity index (χ2v) is 9.79. The zero-order valence-corrected chi connectivity index (χ0v) is 20.8. The fraction of sp³-hybridized carbons (Fsp3) is 0.464. The molecule has 2 heterocycles. The van der Waals surface area contributed by atoms with Crippen molar-refractivity contribution in [3.8, 4) is 11.5 Å². The minimum atomic E-state index is -0.122. The molecule has 0 radical (unpaired) electrons. The minimum absolute atomic E-state index is 0.122. The molecule has 6 nitrogen and oxygen atoms in total. The summed E-state index contributed by atoms with van der Waals surface area (Å²) in [7, 11) is 0. The molecule has 1 atom stereocenters. The van der Waals surface area contributed by atoms with E-state index >= 15 is 0 Å². The fourth-order valence-electron chi connectivity index (χ4n) is 4.63. The second kappa shape index (κ2) is 11.0. The molecule has 182 valence electrons. The van der Waals surface area contributed by atoms with Gasteiger partial charge in [0.15, 0.2) is 11.5 Å². The average Bonchev–Trinajstić information content (AvgIpc) is 3.16. The summed E-state index contributed by atoms with van der Waals surface area (Å²) in [4.78, 5) is 18.7. The lowest BCUT2D eigenvalue weighted by Crippen LogP contribution is -2.40. The maximum absolute atomic E-state index is 13.4. The number of benzene rings is 2. The molecule has 2 N–H and O–H groups in total. The van der Waals surface area contributed by atoms with Gasteiger partial charge in [-0.05, 0) is 47.1 Å². The van der Waals surface area contributed by atoms with Gasteiger partial charge in [-0.1, -0.05) is 45.0 Å². The van der Waals surface area contributed by atoms with E-state index in [1.807, 2.05) is 31.0 Å². The molecule has 2 aromatic carbocycles. The zero-order valence-electron chi connectivity index (χ0n) is 20.8. The van der Waals surface area contributed by atoms with Gasteiger partial charge < -0.3 is 24.7 Å². The monoisotopic (exact) mass is 463 g/mol. The predicted molar refractivity (Wildman–Crippen MR) is 136 cm³/mol. The van der Waals surface area contributed by atoms with Crippen LogP contribution in [-0.4, -0.2) is 42.1 Å². The van der Waals surface area contributed by atoms with Crippen LogP contribution in [0.3, 0.4) is 0 Å². The normalized spacial score (nSPS) is 14.3. The summed E-state index contributed by atoms with van der Waals surface area (Å²) in [6, 6.07) is 12.5. The summed E-state index contributed by atoms with van der Waals surface area (Å²) in [5.41, 5.74) is 4.50. The van der Waals surface area contributed by atoms with Crippen molar-refractivity contribution in [1.29, 1.82) is 0 Å². The van der Waals surface area contributed by atoms with Crippen LogP contribution in [0, 0.1) is 18.8 Å². The van der Waals surface area contributed by atoms with Crippen LogP contribution in [0.5, 0.6) is 11.5 Å². The molecular weight excluding hydrogens is 426 g/mol. The molecule has 1 aromatic heterocycles. The lowest BCUT2D eigenvalue weighted by atomic mass is 10.1. The van der Waals surface area contributed by atoms with E-state index in [1.54, 1.807) is 0 Å². The van der Waals surface area contributed by atoms with Crippen LogP contribution in [-0.2, 0) is 17.9 Å². The number of hydrogen-bond donors (Lipinski definition) is 2. The number of hydrogen-bond acceptors (Lipinski definition) is 4. The highest BCUT2D eigenvalue weighted by Crippen LogP contribution is 2.35. The quantitative estimate of drug-likeness (QED) is 0.466. The molecule has 1 aliphatic rings. The third-order valence-electron chi connectivity index (χ3n) is 6.22. The number of aromatic amines is 1. The number of ether oxygens (including phenoxy) is 2. The number of rotatable bonds is 9. The molecular formula is C28H37N3O3.